The zero-order valence-corrected chi connectivity index (χ0v) is 12.2. The van der Waals surface area contributed by atoms with E-state index in [0.29, 0.717) is 18.8 Å². The van der Waals surface area contributed by atoms with Gasteiger partial charge in [-0.3, -0.25) is 4.79 Å². The van der Waals surface area contributed by atoms with Crippen LogP contribution in [0, 0.1) is 0 Å². The Balaban J connectivity index is 2.82. The van der Waals surface area contributed by atoms with Crippen LogP contribution in [0.1, 0.15) is 17.4 Å². The minimum absolute atomic E-state index is 0.0881. The Morgan fingerprint density at radius 1 is 1.37 bits per heavy atom. The summed E-state index contributed by atoms with van der Waals surface area (Å²) in [6.45, 7) is 3.60. The van der Waals surface area contributed by atoms with Crippen LogP contribution < -0.4 is 15.4 Å². The third kappa shape index (κ3) is 4.05. The molecule has 0 saturated heterocycles. The number of hydrogen-bond acceptors (Lipinski definition) is 4. The number of carbonyl (C=O) groups excluding carboxylic acids is 1. The van der Waals surface area contributed by atoms with Crippen molar-refractivity contribution in [3.05, 3.63) is 18.0 Å². The molecule has 1 amide bonds. The van der Waals surface area contributed by atoms with Gasteiger partial charge in [0.2, 0.25) is 10.0 Å². The van der Waals surface area contributed by atoms with Crippen LogP contribution in [-0.4, -0.2) is 45.6 Å². The van der Waals surface area contributed by atoms with E-state index in [1.54, 1.807) is 7.05 Å². The summed E-state index contributed by atoms with van der Waals surface area (Å²) in [7, 11) is -0.450. The first-order valence-corrected chi connectivity index (χ1v) is 7.49. The number of nitrogens with one attached hydrogen (secondary N) is 3. The Labute approximate surface area is 113 Å². The second-order valence-corrected chi connectivity index (χ2v) is 5.77. The maximum atomic E-state index is 12.0. The number of aromatic nitrogens is 1. The van der Waals surface area contributed by atoms with Gasteiger partial charge < -0.3 is 15.2 Å². The number of nitrogens with zero attached hydrogens (tertiary/aromatic N) is 1. The summed E-state index contributed by atoms with van der Waals surface area (Å²) < 4.78 is 27.9. The standard InChI is InChI=1S/C11H20N4O3S/c1-4-13-5-6-14-19(17,18)9-7-10(11(16)12-2)15(3)8-9/h7-8,13-14H,4-6H2,1-3H3,(H,12,16). The van der Waals surface area contributed by atoms with Gasteiger partial charge >= 0.3 is 0 Å². The van der Waals surface area contributed by atoms with E-state index < -0.39 is 10.0 Å². The predicted octanol–water partition coefficient (Wildman–Crippen LogP) is -0.727. The molecule has 0 aliphatic heterocycles. The van der Waals surface area contributed by atoms with Crippen LogP contribution in [0.25, 0.3) is 0 Å². The van der Waals surface area contributed by atoms with Gasteiger partial charge in [0.1, 0.15) is 10.6 Å². The summed E-state index contributed by atoms with van der Waals surface area (Å²) >= 11 is 0. The maximum Gasteiger partial charge on any atom is 0.267 e. The number of aryl methyl sites for hydroxylation is 1. The lowest BCUT2D eigenvalue weighted by atomic mass is 10.4. The highest BCUT2D eigenvalue weighted by molar-refractivity contribution is 7.89. The molecular formula is C11H20N4O3S. The van der Waals surface area contributed by atoms with E-state index in [0.717, 1.165) is 6.54 Å². The molecule has 19 heavy (non-hydrogen) atoms. The highest BCUT2D eigenvalue weighted by Gasteiger charge is 2.19. The second-order valence-electron chi connectivity index (χ2n) is 4.00. The van der Waals surface area contributed by atoms with Gasteiger partial charge in [-0.2, -0.15) is 0 Å². The fourth-order valence-electron chi connectivity index (χ4n) is 1.57. The van der Waals surface area contributed by atoms with Gasteiger partial charge in [0.05, 0.1) is 0 Å². The molecule has 0 radical (unpaired) electrons. The molecule has 8 heteroatoms. The lowest BCUT2D eigenvalue weighted by Gasteiger charge is -2.04. The van der Waals surface area contributed by atoms with Crippen molar-refractivity contribution in [2.24, 2.45) is 7.05 Å². The van der Waals surface area contributed by atoms with Crippen molar-refractivity contribution in [3.63, 3.8) is 0 Å². The van der Waals surface area contributed by atoms with E-state index in [4.69, 9.17) is 0 Å². The van der Waals surface area contributed by atoms with E-state index >= 15 is 0 Å². The Morgan fingerprint density at radius 3 is 2.63 bits per heavy atom. The molecule has 0 fully saturated rings. The first-order chi connectivity index (χ1) is 8.92. The van der Waals surface area contributed by atoms with Gasteiger partial charge in [0.15, 0.2) is 0 Å². The fourth-order valence-corrected chi connectivity index (χ4v) is 2.67. The van der Waals surface area contributed by atoms with E-state index in [1.165, 1.54) is 23.9 Å². The van der Waals surface area contributed by atoms with Crippen LogP contribution in [0.4, 0.5) is 0 Å². The smallest absolute Gasteiger partial charge is 0.267 e. The molecule has 0 bridgehead atoms. The van der Waals surface area contributed by atoms with Crippen molar-refractivity contribution < 1.29 is 13.2 Å². The molecule has 0 aliphatic rings. The summed E-state index contributed by atoms with van der Waals surface area (Å²) in [5, 5.41) is 5.48. The molecule has 7 nitrogen and oxygen atoms in total. The summed E-state index contributed by atoms with van der Waals surface area (Å²) in [5.74, 6) is -0.323. The molecule has 0 atom stereocenters. The third-order valence-corrected chi connectivity index (χ3v) is 4.02. The minimum Gasteiger partial charge on any atom is -0.354 e. The number of amides is 1. The molecule has 0 aliphatic carbocycles. The quantitative estimate of drug-likeness (QED) is 0.577. The highest BCUT2D eigenvalue weighted by atomic mass is 32.2. The van der Waals surface area contributed by atoms with Gasteiger partial charge in [-0.25, -0.2) is 13.1 Å². The summed E-state index contributed by atoms with van der Waals surface area (Å²) in [5.41, 5.74) is 0.301. The molecule has 0 unspecified atom stereocenters. The fraction of sp³-hybridized carbons (Fsp3) is 0.545. The van der Waals surface area contributed by atoms with Crippen LogP contribution >= 0.6 is 0 Å². The first-order valence-electron chi connectivity index (χ1n) is 6.01. The molecule has 0 spiro atoms. The zero-order valence-electron chi connectivity index (χ0n) is 11.4. The largest absolute Gasteiger partial charge is 0.354 e. The van der Waals surface area contributed by atoms with Crippen molar-refractivity contribution in [2.75, 3.05) is 26.7 Å². The molecule has 1 aromatic heterocycles. The van der Waals surface area contributed by atoms with Gasteiger partial charge in [0.25, 0.3) is 5.91 Å². The number of sulfonamides is 1. The zero-order chi connectivity index (χ0) is 14.5. The summed E-state index contributed by atoms with van der Waals surface area (Å²) in [6, 6.07) is 1.36. The average Bonchev–Trinajstić information content (AvgIpc) is 2.77. The molecule has 3 N–H and O–H groups in total. The van der Waals surface area contributed by atoms with Crippen molar-refractivity contribution in [2.45, 2.75) is 11.8 Å². The lowest BCUT2D eigenvalue weighted by Crippen LogP contribution is -2.31. The number of likely N-dealkylation sites (N-methyl/N-ethyl adjacent to an activating group) is 1. The van der Waals surface area contributed by atoms with Crippen LogP contribution in [0.15, 0.2) is 17.2 Å². The Morgan fingerprint density at radius 2 is 2.05 bits per heavy atom. The van der Waals surface area contributed by atoms with Crippen LogP contribution in [0.5, 0.6) is 0 Å². The van der Waals surface area contributed by atoms with Gasteiger partial charge in [-0.05, 0) is 12.6 Å². The topological polar surface area (TPSA) is 92.2 Å². The molecule has 1 heterocycles. The van der Waals surface area contributed by atoms with Crippen molar-refractivity contribution >= 4 is 15.9 Å². The third-order valence-electron chi connectivity index (χ3n) is 2.59. The predicted molar refractivity (Wildman–Crippen MR) is 72.5 cm³/mol. The van der Waals surface area contributed by atoms with E-state index in [2.05, 4.69) is 15.4 Å². The lowest BCUT2D eigenvalue weighted by molar-refractivity contribution is 0.0955. The Kier molecular flexibility index (Phi) is 5.52. The van der Waals surface area contributed by atoms with E-state index in [-0.39, 0.29) is 10.8 Å². The number of hydrogen-bond donors (Lipinski definition) is 3. The summed E-state index contributed by atoms with van der Waals surface area (Å²) in [4.78, 5) is 11.6. The summed E-state index contributed by atoms with van der Waals surface area (Å²) in [6.07, 6.45) is 1.42. The molecule has 1 aromatic rings. The number of rotatable bonds is 7. The molecule has 1 rings (SSSR count). The normalized spacial score (nSPS) is 11.5. The SMILES string of the molecule is CCNCCNS(=O)(=O)c1cc(C(=O)NC)n(C)c1. The minimum atomic E-state index is -3.57. The first kappa shape index (κ1) is 15.7. The number of carbonyl (C=O) groups is 1. The van der Waals surface area contributed by atoms with Crippen LogP contribution in [0.2, 0.25) is 0 Å². The van der Waals surface area contributed by atoms with Crippen molar-refractivity contribution in [3.8, 4) is 0 Å². The maximum absolute atomic E-state index is 12.0. The van der Waals surface area contributed by atoms with Gasteiger partial charge in [0, 0.05) is 33.4 Å². The van der Waals surface area contributed by atoms with Gasteiger partial charge in [-0.15, -0.1) is 0 Å². The van der Waals surface area contributed by atoms with Crippen LogP contribution in [0.3, 0.4) is 0 Å². The molecule has 0 saturated carbocycles. The average molecular weight is 288 g/mol. The molecule has 0 aromatic carbocycles. The van der Waals surface area contributed by atoms with Gasteiger partial charge in [-0.1, -0.05) is 6.92 Å². The Hall–Kier alpha value is -1.38. The van der Waals surface area contributed by atoms with Crippen LogP contribution in [-0.2, 0) is 17.1 Å². The van der Waals surface area contributed by atoms with Crippen molar-refractivity contribution in [1.29, 1.82) is 0 Å². The Bertz CT molecular complexity index is 536. The monoisotopic (exact) mass is 288 g/mol. The second kappa shape index (κ2) is 6.69. The highest BCUT2D eigenvalue weighted by Crippen LogP contribution is 2.13. The van der Waals surface area contributed by atoms with Crippen molar-refractivity contribution in [1.82, 2.24) is 19.9 Å². The molecular weight excluding hydrogens is 268 g/mol. The van der Waals surface area contributed by atoms with E-state index in [9.17, 15) is 13.2 Å². The molecule has 108 valence electrons. The van der Waals surface area contributed by atoms with E-state index in [1.807, 2.05) is 6.92 Å².